The summed E-state index contributed by atoms with van der Waals surface area (Å²) in [5.41, 5.74) is 8.50. The van der Waals surface area contributed by atoms with Crippen molar-refractivity contribution in [2.24, 2.45) is 0 Å². The van der Waals surface area contributed by atoms with Crippen molar-refractivity contribution in [3.05, 3.63) is 121 Å². The molecule has 4 aromatic carbocycles. The smallest absolute Gasteiger partial charge is 0.232 e. The number of benzene rings is 4. The molecule has 54 heavy (non-hydrogen) atoms. The van der Waals surface area contributed by atoms with Crippen LogP contribution in [0.25, 0.3) is 22.1 Å². The molecule has 280 valence electrons. The van der Waals surface area contributed by atoms with E-state index in [1.54, 1.807) is 21.8 Å². The van der Waals surface area contributed by atoms with Gasteiger partial charge in [0, 0.05) is 76.6 Å². The highest BCUT2D eigenvalue weighted by molar-refractivity contribution is 5.92. The number of aromatic nitrogens is 4. The highest BCUT2D eigenvalue weighted by atomic mass is 16.2. The van der Waals surface area contributed by atoms with Crippen LogP contribution in [0.3, 0.4) is 0 Å². The highest BCUT2D eigenvalue weighted by Crippen LogP contribution is 2.25. The molecule has 8 rings (SSSR count). The summed E-state index contributed by atoms with van der Waals surface area (Å²) >= 11 is 0. The third-order valence-electron chi connectivity index (χ3n) is 10.7. The Morgan fingerprint density at radius 1 is 0.519 bits per heavy atom. The van der Waals surface area contributed by atoms with Gasteiger partial charge in [-0.15, -0.1) is 0 Å². The van der Waals surface area contributed by atoms with Crippen LogP contribution < -0.4 is 9.80 Å². The van der Waals surface area contributed by atoms with E-state index < -0.39 is 0 Å². The second-order valence-electron chi connectivity index (χ2n) is 14.6. The van der Waals surface area contributed by atoms with Crippen LogP contribution in [0.15, 0.2) is 110 Å². The summed E-state index contributed by atoms with van der Waals surface area (Å²) in [6.45, 7) is 8.37. The second kappa shape index (κ2) is 17.7. The van der Waals surface area contributed by atoms with Crippen LogP contribution in [0, 0.1) is 0 Å². The van der Waals surface area contributed by atoms with Crippen molar-refractivity contribution in [3.63, 3.8) is 0 Å². The van der Waals surface area contributed by atoms with Crippen LogP contribution in [0.4, 0.5) is 11.4 Å². The Balaban J connectivity index is 0.000000167. The molecule has 0 bridgehead atoms. The van der Waals surface area contributed by atoms with Crippen LogP contribution in [0.5, 0.6) is 0 Å². The Hall–Kier alpha value is -5.32. The van der Waals surface area contributed by atoms with Crippen LogP contribution in [0.2, 0.25) is 0 Å². The van der Waals surface area contributed by atoms with Crippen molar-refractivity contribution < 1.29 is 9.59 Å². The van der Waals surface area contributed by atoms with Crippen LogP contribution in [0.1, 0.15) is 46.4 Å². The summed E-state index contributed by atoms with van der Waals surface area (Å²) in [7, 11) is 4.31. The lowest BCUT2D eigenvalue weighted by atomic mass is 10.1. The summed E-state index contributed by atoms with van der Waals surface area (Å²) in [6.07, 6.45) is 7.94. The number of likely N-dealkylation sites (N-methyl/N-ethyl adjacent to an activating group) is 2. The average Bonchev–Trinajstić information content (AvgIpc) is 3.84. The normalized spacial score (nSPS) is 15.4. The maximum atomic E-state index is 12.7. The van der Waals surface area contributed by atoms with Crippen molar-refractivity contribution in [3.8, 4) is 0 Å². The molecule has 2 aliphatic rings. The van der Waals surface area contributed by atoms with Gasteiger partial charge in [-0.05, 0) is 87.3 Å². The molecule has 10 nitrogen and oxygen atoms in total. The first-order valence-corrected chi connectivity index (χ1v) is 19.4. The van der Waals surface area contributed by atoms with Crippen molar-refractivity contribution in [1.29, 1.82) is 0 Å². The Bertz CT molecular complexity index is 2130. The van der Waals surface area contributed by atoms with Crippen molar-refractivity contribution in [1.82, 2.24) is 28.9 Å². The fourth-order valence-corrected chi connectivity index (χ4v) is 7.34. The first-order valence-electron chi connectivity index (χ1n) is 19.4. The van der Waals surface area contributed by atoms with Gasteiger partial charge >= 0.3 is 0 Å². The number of nitrogens with zero attached hydrogens (tertiary/aromatic N) is 8. The number of carbonyl (C=O) groups excluding carboxylic acids is 2. The molecular weight excluding hydrogens is 673 g/mol. The predicted octanol–water partition coefficient (Wildman–Crippen LogP) is 6.90. The second-order valence-corrected chi connectivity index (χ2v) is 14.6. The van der Waals surface area contributed by atoms with E-state index in [0.29, 0.717) is 12.8 Å². The first-order chi connectivity index (χ1) is 26.4. The van der Waals surface area contributed by atoms with Gasteiger partial charge in [-0.3, -0.25) is 18.7 Å². The molecule has 0 atom stereocenters. The van der Waals surface area contributed by atoms with E-state index in [-0.39, 0.29) is 11.8 Å². The number of rotatable bonds is 10. The minimum atomic E-state index is 0.112. The number of hydrogen-bond donors (Lipinski definition) is 0. The molecule has 2 fully saturated rings. The minimum absolute atomic E-state index is 0.112. The van der Waals surface area contributed by atoms with Gasteiger partial charge in [-0.25, -0.2) is 9.97 Å². The fourth-order valence-electron chi connectivity index (χ4n) is 7.34. The van der Waals surface area contributed by atoms with E-state index >= 15 is 0 Å². The Morgan fingerprint density at radius 2 is 0.981 bits per heavy atom. The number of aryl methyl sites for hydroxylation is 2. The van der Waals surface area contributed by atoms with Gasteiger partial charge in [0.1, 0.15) is 12.7 Å². The Labute approximate surface area is 318 Å². The molecule has 2 saturated heterocycles. The molecule has 2 aliphatic heterocycles. The van der Waals surface area contributed by atoms with Crippen molar-refractivity contribution in [2.75, 3.05) is 76.3 Å². The van der Waals surface area contributed by atoms with Crippen LogP contribution >= 0.6 is 0 Å². The van der Waals surface area contributed by atoms with E-state index in [1.807, 2.05) is 48.5 Å². The fraction of sp³-hybridized carbons (Fsp3) is 0.364. The standard InChI is InChI=1S/2C22H26N4O/c1-24-12-14-25(15-13-24)19-10-11-21-20(16-19)23-17-26(21)22(27)9-5-8-18-6-3-2-4-7-18;1-24-12-14-25(15-13-24)19-10-11-20-21(16-19)26(17-23-20)22(27)9-5-8-18-6-3-2-4-7-18/h2*2-4,6-7,10-11,16-17H,5,8-9,12-15H2,1H3. The molecule has 0 spiro atoms. The topological polar surface area (TPSA) is 82.7 Å². The van der Waals surface area contributed by atoms with E-state index in [1.165, 1.54) is 22.5 Å². The SMILES string of the molecule is CN1CCN(c2ccc3c(c2)ncn3C(=O)CCCc2ccccc2)CC1.CN1CCN(c2ccc3ncn(C(=O)CCCc4ccccc4)c3c2)CC1. The summed E-state index contributed by atoms with van der Waals surface area (Å²) in [4.78, 5) is 43.7. The van der Waals surface area contributed by atoms with Gasteiger partial charge in [0.2, 0.25) is 11.8 Å². The molecular formula is C44H52N8O2. The third-order valence-corrected chi connectivity index (χ3v) is 10.7. The van der Waals surface area contributed by atoms with Crippen molar-refractivity contribution >= 4 is 45.3 Å². The van der Waals surface area contributed by atoms with E-state index in [2.05, 4.69) is 92.2 Å². The summed E-state index contributed by atoms with van der Waals surface area (Å²) < 4.78 is 3.42. The summed E-state index contributed by atoms with van der Waals surface area (Å²) in [5.74, 6) is 0.227. The largest absolute Gasteiger partial charge is 0.369 e. The lowest BCUT2D eigenvalue weighted by molar-refractivity contribution is 0.0896. The molecule has 4 heterocycles. The van der Waals surface area contributed by atoms with Gasteiger partial charge in [0.15, 0.2) is 0 Å². The highest BCUT2D eigenvalue weighted by Gasteiger charge is 2.18. The zero-order valence-corrected chi connectivity index (χ0v) is 31.7. The van der Waals surface area contributed by atoms with Gasteiger partial charge in [0.25, 0.3) is 0 Å². The molecule has 6 aromatic rings. The number of imidazole rings is 2. The van der Waals surface area contributed by atoms with Crippen LogP contribution in [-0.4, -0.2) is 107 Å². The Morgan fingerprint density at radius 3 is 1.52 bits per heavy atom. The zero-order valence-electron chi connectivity index (χ0n) is 31.7. The minimum Gasteiger partial charge on any atom is -0.369 e. The lowest BCUT2D eigenvalue weighted by Gasteiger charge is -2.34. The van der Waals surface area contributed by atoms with E-state index in [9.17, 15) is 9.59 Å². The van der Waals surface area contributed by atoms with Crippen LogP contribution in [-0.2, 0) is 12.8 Å². The van der Waals surface area contributed by atoms with Gasteiger partial charge in [-0.2, -0.15) is 0 Å². The quantitative estimate of drug-likeness (QED) is 0.151. The zero-order chi connectivity index (χ0) is 37.3. The number of hydrogen-bond acceptors (Lipinski definition) is 8. The molecule has 0 N–H and O–H groups in total. The number of anilines is 2. The van der Waals surface area contributed by atoms with Gasteiger partial charge in [0.05, 0.1) is 22.1 Å². The molecule has 0 unspecified atom stereocenters. The predicted molar refractivity (Wildman–Crippen MR) is 219 cm³/mol. The molecule has 0 amide bonds. The number of carbonyl (C=O) groups is 2. The average molecular weight is 725 g/mol. The molecule has 10 heteroatoms. The summed E-state index contributed by atoms with van der Waals surface area (Å²) in [5, 5.41) is 0. The van der Waals surface area contributed by atoms with Gasteiger partial charge in [-0.1, -0.05) is 60.7 Å². The molecule has 0 saturated carbocycles. The summed E-state index contributed by atoms with van der Waals surface area (Å²) in [6, 6.07) is 33.1. The van der Waals surface area contributed by atoms with E-state index in [4.69, 9.17) is 0 Å². The maximum absolute atomic E-state index is 12.7. The third kappa shape index (κ3) is 9.24. The maximum Gasteiger partial charge on any atom is 0.232 e. The molecule has 2 aromatic heterocycles. The molecule has 0 radical (unpaired) electrons. The number of piperazine rings is 2. The first kappa shape index (κ1) is 37.0. The monoisotopic (exact) mass is 724 g/mol. The molecule has 0 aliphatic carbocycles. The van der Waals surface area contributed by atoms with Gasteiger partial charge < -0.3 is 19.6 Å². The van der Waals surface area contributed by atoms with E-state index in [0.717, 1.165) is 100 Å². The lowest BCUT2D eigenvalue weighted by Crippen LogP contribution is -2.44. The Kier molecular flexibility index (Phi) is 12.1. The van der Waals surface area contributed by atoms with Crippen molar-refractivity contribution in [2.45, 2.75) is 38.5 Å². The number of fused-ring (bicyclic) bond motifs is 2.